The van der Waals surface area contributed by atoms with Crippen LogP contribution in [0.1, 0.15) is 5.56 Å². The molecule has 25 heavy (non-hydrogen) atoms. The zero-order valence-electron chi connectivity index (χ0n) is 13.4. The van der Waals surface area contributed by atoms with Gasteiger partial charge in [-0.3, -0.25) is 4.72 Å². The molecule has 3 aromatic rings. The van der Waals surface area contributed by atoms with Gasteiger partial charge in [0.15, 0.2) is 0 Å². The number of anilines is 3. The minimum atomic E-state index is -3.73. The molecule has 2 N–H and O–H groups in total. The SMILES string of the molecule is Cc1cccc(Nc2ccc(NS(=O)(=O)c3cccc(Cl)c3)nc2)c1. The highest BCUT2D eigenvalue weighted by Crippen LogP contribution is 2.21. The maximum absolute atomic E-state index is 12.3. The Labute approximate surface area is 151 Å². The second kappa shape index (κ2) is 7.13. The molecular formula is C18H16ClN3O2S. The topological polar surface area (TPSA) is 71.1 Å². The average Bonchev–Trinajstić information content (AvgIpc) is 2.56. The van der Waals surface area contributed by atoms with Crippen LogP contribution in [0.25, 0.3) is 0 Å². The lowest BCUT2D eigenvalue weighted by atomic mass is 10.2. The highest BCUT2D eigenvalue weighted by molar-refractivity contribution is 7.92. The van der Waals surface area contributed by atoms with E-state index < -0.39 is 10.0 Å². The van der Waals surface area contributed by atoms with Crippen molar-refractivity contribution in [2.45, 2.75) is 11.8 Å². The molecule has 2 aromatic carbocycles. The predicted molar refractivity (Wildman–Crippen MR) is 101 cm³/mol. The number of aromatic nitrogens is 1. The number of halogens is 1. The van der Waals surface area contributed by atoms with E-state index in [0.717, 1.165) is 16.9 Å². The molecule has 0 bridgehead atoms. The van der Waals surface area contributed by atoms with Crippen molar-refractivity contribution in [2.24, 2.45) is 0 Å². The second-order valence-corrected chi connectivity index (χ2v) is 7.61. The lowest BCUT2D eigenvalue weighted by Crippen LogP contribution is -2.13. The number of rotatable bonds is 5. The van der Waals surface area contributed by atoms with Crippen LogP contribution in [0.4, 0.5) is 17.2 Å². The van der Waals surface area contributed by atoms with Gasteiger partial charge >= 0.3 is 0 Å². The molecule has 1 aromatic heterocycles. The molecule has 0 amide bonds. The van der Waals surface area contributed by atoms with E-state index >= 15 is 0 Å². The number of aryl methyl sites for hydroxylation is 1. The van der Waals surface area contributed by atoms with E-state index in [9.17, 15) is 8.42 Å². The Morgan fingerprint density at radius 1 is 0.960 bits per heavy atom. The van der Waals surface area contributed by atoms with E-state index in [1.807, 2.05) is 31.2 Å². The number of benzene rings is 2. The summed E-state index contributed by atoms with van der Waals surface area (Å²) in [5.41, 5.74) is 2.84. The van der Waals surface area contributed by atoms with E-state index in [4.69, 9.17) is 11.6 Å². The Kier molecular flexibility index (Phi) is 4.92. The van der Waals surface area contributed by atoms with E-state index in [1.165, 1.54) is 12.1 Å². The molecule has 0 radical (unpaired) electrons. The van der Waals surface area contributed by atoms with E-state index in [2.05, 4.69) is 15.0 Å². The summed E-state index contributed by atoms with van der Waals surface area (Å²) < 4.78 is 27.1. The van der Waals surface area contributed by atoms with Gasteiger partial charge in [-0.15, -0.1) is 0 Å². The molecule has 0 saturated carbocycles. The summed E-state index contributed by atoms with van der Waals surface area (Å²) in [7, 11) is -3.73. The molecular weight excluding hydrogens is 358 g/mol. The Hall–Kier alpha value is -2.57. The Morgan fingerprint density at radius 2 is 1.76 bits per heavy atom. The minimum Gasteiger partial charge on any atom is -0.354 e. The molecule has 1 heterocycles. The first-order valence-corrected chi connectivity index (χ1v) is 9.37. The van der Waals surface area contributed by atoms with Crippen molar-refractivity contribution in [1.82, 2.24) is 4.98 Å². The van der Waals surface area contributed by atoms with Crippen molar-refractivity contribution in [3.05, 3.63) is 77.4 Å². The molecule has 0 atom stereocenters. The van der Waals surface area contributed by atoms with Crippen LogP contribution in [0.3, 0.4) is 0 Å². The number of hydrogen-bond donors (Lipinski definition) is 2. The summed E-state index contributed by atoms with van der Waals surface area (Å²) >= 11 is 5.85. The highest BCUT2D eigenvalue weighted by atomic mass is 35.5. The van der Waals surface area contributed by atoms with E-state index in [1.54, 1.807) is 30.5 Å². The number of pyridine rings is 1. The van der Waals surface area contributed by atoms with Crippen molar-refractivity contribution in [2.75, 3.05) is 10.0 Å². The van der Waals surface area contributed by atoms with Gasteiger partial charge in [0.1, 0.15) is 5.82 Å². The molecule has 7 heteroatoms. The van der Waals surface area contributed by atoms with E-state index in [0.29, 0.717) is 5.02 Å². The minimum absolute atomic E-state index is 0.0868. The summed E-state index contributed by atoms with van der Waals surface area (Å²) in [5.74, 6) is 0.231. The quantitative estimate of drug-likeness (QED) is 0.686. The van der Waals surface area contributed by atoms with Crippen molar-refractivity contribution in [3.63, 3.8) is 0 Å². The lowest BCUT2D eigenvalue weighted by Gasteiger charge is -2.10. The molecule has 0 aliphatic heterocycles. The Balaban J connectivity index is 1.74. The predicted octanol–water partition coefficient (Wildman–Crippen LogP) is 4.59. The molecule has 0 spiro atoms. The van der Waals surface area contributed by atoms with Crippen molar-refractivity contribution >= 4 is 38.8 Å². The van der Waals surface area contributed by atoms with Gasteiger partial charge in [-0.25, -0.2) is 13.4 Å². The van der Waals surface area contributed by atoms with Crippen molar-refractivity contribution in [1.29, 1.82) is 0 Å². The first kappa shape index (κ1) is 17.3. The number of nitrogens with zero attached hydrogens (tertiary/aromatic N) is 1. The summed E-state index contributed by atoms with van der Waals surface area (Å²) in [6.45, 7) is 2.01. The third-order valence-corrected chi connectivity index (χ3v) is 5.00. The second-order valence-electron chi connectivity index (χ2n) is 5.49. The largest absolute Gasteiger partial charge is 0.354 e. The Bertz CT molecular complexity index is 989. The summed E-state index contributed by atoms with van der Waals surface area (Å²) in [6, 6.07) is 17.3. The van der Waals surface area contributed by atoms with Gasteiger partial charge in [0, 0.05) is 10.7 Å². The summed E-state index contributed by atoms with van der Waals surface area (Å²) in [6.07, 6.45) is 1.57. The maximum Gasteiger partial charge on any atom is 0.263 e. The van der Waals surface area contributed by atoms with Crippen molar-refractivity contribution < 1.29 is 8.42 Å². The number of sulfonamides is 1. The normalized spacial score (nSPS) is 11.1. The molecule has 5 nitrogen and oxygen atoms in total. The third kappa shape index (κ3) is 4.49. The van der Waals surface area contributed by atoms with Gasteiger partial charge in [-0.1, -0.05) is 29.8 Å². The summed E-state index contributed by atoms with van der Waals surface area (Å²) in [4.78, 5) is 4.23. The zero-order chi connectivity index (χ0) is 17.9. The molecule has 0 aliphatic carbocycles. The van der Waals surface area contributed by atoms with Gasteiger partial charge in [0.2, 0.25) is 0 Å². The van der Waals surface area contributed by atoms with Gasteiger partial charge in [0.25, 0.3) is 10.0 Å². The van der Waals surface area contributed by atoms with E-state index in [-0.39, 0.29) is 10.7 Å². The molecule has 0 saturated heterocycles. The molecule has 128 valence electrons. The fourth-order valence-electron chi connectivity index (χ4n) is 2.25. The first-order valence-electron chi connectivity index (χ1n) is 7.50. The summed E-state index contributed by atoms with van der Waals surface area (Å²) in [5, 5.41) is 3.57. The fraction of sp³-hybridized carbons (Fsp3) is 0.0556. The standard InChI is InChI=1S/C18H16ClN3O2S/c1-13-4-2-6-15(10-13)21-16-8-9-18(20-12-16)22-25(23,24)17-7-3-5-14(19)11-17/h2-12,21H,1H3,(H,20,22). The molecule has 0 fully saturated rings. The third-order valence-electron chi connectivity index (χ3n) is 3.42. The monoisotopic (exact) mass is 373 g/mol. The van der Waals surface area contributed by atoms with Gasteiger partial charge in [-0.2, -0.15) is 0 Å². The molecule has 3 rings (SSSR count). The smallest absolute Gasteiger partial charge is 0.263 e. The van der Waals surface area contributed by atoms with Crippen LogP contribution in [0.5, 0.6) is 0 Å². The number of hydrogen-bond acceptors (Lipinski definition) is 4. The maximum atomic E-state index is 12.3. The fourth-order valence-corrected chi connectivity index (χ4v) is 3.56. The highest BCUT2D eigenvalue weighted by Gasteiger charge is 2.15. The number of nitrogens with one attached hydrogen (secondary N) is 2. The van der Waals surface area contributed by atoms with Crippen LogP contribution >= 0.6 is 11.6 Å². The average molecular weight is 374 g/mol. The van der Waals surface area contributed by atoms with Gasteiger partial charge in [0.05, 0.1) is 16.8 Å². The zero-order valence-corrected chi connectivity index (χ0v) is 15.0. The molecule has 0 unspecified atom stereocenters. The van der Waals surface area contributed by atoms with Gasteiger partial charge in [-0.05, 0) is 55.0 Å². The van der Waals surface area contributed by atoms with Crippen molar-refractivity contribution in [3.8, 4) is 0 Å². The lowest BCUT2D eigenvalue weighted by molar-refractivity contribution is 0.601. The van der Waals surface area contributed by atoms with Gasteiger partial charge < -0.3 is 5.32 Å². The van der Waals surface area contributed by atoms with Crippen LogP contribution in [0.15, 0.2) is 71.8 Å². The van der Waals surface area contributed by atoms with Crippen LogP contribution in [-0.2, 0) is 10.0 Å². The first-order chi connectivity index (χ1) is 11.9. The Morgan fingerprint density at radius 3 is 2.44 bits per heavy atom. The molecule has 0 aliphatic rings. The van der Waals surface area contributed by atoms with Crippen LogP contribution in [0.2, 0.25) is 5.02 Å². The van der Waals surface area contributed by atoms with Crippen LogP contribution in [0, 0.1) is 6.92 Å². The van der Waals surface area contributed by atoms with Crippen LogP contribution in [-0.4, -0.2) is 13.4 Å². The van der Waals surface area contributed by atoms with Crippen LogP contribution < -0.4 is 10.0 Å².